The molecule has 2 aromatic heterocycles. The van der Waals surface area contributed by atoms with E-state index >= 15 is 0 Å². The topological polar surface area (TPSA) is 54.9 Å². The van der Waals surface area contributed by atoms with Gasteiger partial charge in [-0.2, -0.15) is 0 Å². The van der Waals surface area contributed by atoms with Crippen molar-refractivity contribution in [3.8, 4) is 0 Å². The van der Waals surface area contributed by atoms with Gasteiger partial charge in [0.05, 0.1) is 5.92 Å². The van der Waals surface area contributed by atoms with Gasteiger partial charge >= 0.3 is 0 Å². The quantitative estimate of drug-likeness (QED) is 0.752. The molecule has 4 nitrogen and oxygen atoms in total. The highest BCUT2D eigenvalue weighted by molar-refractivity contribution is 5.84. The van der Waals surface area contributed by atoms with E-state index in [9.17, 15) is 9.18 Å². The molecule has 0 bridgehead atoms. The maximum atomic E-state index is 13.2. The lowest BCUT2D eigenvalue weighted by Gasteiger charge is -2.17. The highest BCUT2D eigenvalue weighted by Crippen LogP contribution is 2.21. The second-order valence-corrected chi connectivity index (χ2v) is 5.75. The van der Waals surface area contributed by atoms with Crippen LogP contribution < -0.4 is 5.32 Å². The minimum Gasteiger partial charge on any atom is -0.351 e. The van der Waals surface area contributed by atoms with Gasteiger partial charge in [0.15, 0.2) is 0 Å². The van der Waals surface area contributed by atoms with Crippen LogP contribution in [0.15, 0.2) is 73.3 Å². The van der Waals surface area contributed by atoms with E-state index in [0.717, 1.165) is 16.7 Å². The Labute approximate surface area is 145 Å². The van der Waals surface area contributed by atoms with Crippen LogP contribution in [0.2, 0.25) is 0 Å². The summed E-state index contributed by atoms with van der Waals surface area (Å²) in [6.45, 7) is 0.400. The molecule has 25 heavy (non-hydrogen) atoms. The third-order valence-corrected chi connectivity index (χ3v) is 3.94. The average Bonchev–Trinajstić information content (AvgIpc) is 2.67. The number of pyridine rings is 2. The van der Waals surface area contributed by atoms with Crippen LogP contribution >= 0.6 is 0 Å². The van der Waals surface area contributed by atoms with E-state index in [4.69, 9.17) is 0 Å². The van der Waals surface area contributed by atoms with Gasteiger partial charge in [0.1, 0.15) is 5.82 Å². The van der Waals surface area contributed by atoms with Gasteiger partial charge < -0.3 is 5.32 Å². The monoisotopic (exact) mass is 335 g/mol. The van der Waals surface area contributed by atoms with Gasteiger partial charge in [0.2, 0.25) is 5.91 Å². The summed E-state index contributed by atoms with van der Waals surface area (Å²) in [6, 6.07) is 13.6. The van der Waals surface area contributed by atoms with Crippen LogP contribution in [0.4, 0.5) is 4.39 Å². The molecule has 1 N–H and O–H groups in total. The van der Waals surface area contributed by atoms with Crippen molar-refractivity contribution in [3.63, 3.8) is 0 Å². The lowest BCUT2D eigenvalue weighted by Crippen LogP contribution is -2.30. The number of nitrogens with zero attached hydrogens (tertiary/aromatic N) is 2. The number of halogens is 1. The second-order valence-electron chi connectivity index (χ2n) is 5.75. The van der Waals surface area contributed by atoms with Crippen LogP contribution in [0.5, 0.6) is 0 Å². The number of rotatable bonds is 6. The van der Waals surface area contributed by atoms with E-state index in [0.29, 0.717) is 13.0 Å². The molecule has 0 aliphatic rings. The molecular formula is C20H18FN3O. The molecule has 5 heteroatoms. The van der Waals surface area contributed by atoms with Crippen LogP contribution in [0.25, 0.3) is 0 Å². The Morgan fingerprint density at radius 2 is 1.60 bits per heavy atom. The molecule has 0 radical (unpaired) electrons. The van der Waals surface area contributed by atoms with E-state index in [1.165, 1.54) is 12.1 Å². The number of carbonyl (C=O) groups is 1. The Balaban J connectivity index is 1.77. The summed E-state index contributed by atoms with van der Waals surface area (Å²) in [4.78, 5) is 20.9. The number of aromatic nitrogens is 2. The molecule has 0 saturated heterocycles. The lowest BCUT2D eigenvalue weighted by atomic mass is 9.91. The Morgan fingerprint density at radius 1 is 0.960 bits per heavy atom. The van der Waals surface area contributed by atoms with Gasteiger partial charge in [0.25, 0.3) is 0 Å². The van der Waals surface area contributed by atoms with Crippen molar-refractivity contribution in [1.29, 1.82) is 0 Å². The molecule has 0 spiro atoms. The molecule has 0 aliphatic carbocycles. The predicted octanol–water partition coefficient (Wildman–Crippen LogP) is 3.26. The summed E-state index contributed by atoms with van der Waals surface area (Å²) in [7, 11) is 0. The van der Waals surface area contributed by atoms with Crippen LogP contribution in [-0.2, 0) is 17.8 Å². The minimum absolute atomic E-state index is 0.112. The largest absolute Gasteiger partial charge is 0.351 e. The van der Waals surface area contributed by atoms with Crippen molar-refractivity contribution < 1.29 is 9.18 Å². The third kappa shape index (κ3) is 4.70. The fourth-order valence-corrected chi connectivity index (χ4v) is 2.63. The maximum absolute atomic E-state index is 13.2. The van der Waals surface area contributed by atoms with Gasteiger partial charge in [-0.25, -0.2) is 4.39 Å². The van der Waals surface area contributed by atoms with E-state index in [2.05, 4.69) is 15.3 Å². The van der Waals surface area contributed by atoms with Crippen LogP contribution in [-0.4, -0.2) is 15.9 Å². The first kappa shape index (κ1) is 16.8. The summed E-state index contributed by atoms with van der Waals surface area (Å²) in [6.07, 6.45) is 7.34. The second kappa shape index (κ2) is 8.15. The lowest BCUT2D eigenvalue weighted by molar-refractivity contribution is -0.122. The molecule has 126 valence electrons. The molecule has 2 heterocycles. The molecule has 1 atom stereocenters. The summed E-state index contributed by atoms with van der Waals surface area (Å²) < 4.78 is 13.2. The number of nitrogens with one attached hydrogen (secondary N) is 1. The van der Waals surface area contributed by atoms with Crippen LogP contribution in [0.1, 0.15) is 22.6 Å². The molecule has 1 aromatic carbocycles. The van der Waals surface area contributed by atoms with Crippen molar-refractivity contribution in [2.45, 2.75) is 18.9 Å². The molecule has 0 fully saturated rings. The predicted molar refractivity (Wildman–Crippen MR) is 93.2 cm³/mol. The Kier molecular flexibility index (Phi) is 5.46. The first-order valence-corrected chi connectivity index (χ1v) is 8.03. The number of amides is 1. The molecule has 1 amide bonds. The molecule has 3 rings (SSSR count). The molecule has 0 saturated carbocycles. The Hall–Kier alpha value is -3.08. The zero-order chi connectivity index (χ0) is 17.5. The number of hydrogen-bond donors (Lipinski definition) is 1. The van der Waals surface area contributed by atoms with Crippen molar-refractivity contribution in [1.82, 2.24) is 15.3 Å². The number of hydrogen-bond acceptors (Lipinski definition) is 3. The highest BCUT2D eigenvalue weighted by atomic mass is 19.1. The summed E-state index contributed by atoms with van der Waals surface area (Å²) in [5.74, 6) is -0.847. The fourth-order valence-electron chi connectivity index (χ4n) is 2.63. The smallest absolute Gasteiger partial charge is 0.228 e. The molecular weight excluding hydrogens is 317 g/mol. The molecule has 1 unspecified atom stereocenters. The van der Waals surface area contributed by atoms with Crippen LogP contribution in [0.3, 0.4) is 0 Å². The molecule has 3 aromatic rings. The summed E-state index contributed by atoms with van der Waals surface area (Å²) >= 11 is 0. The van der Waals surface area contributed by atoms with Crippen molar-refractivity contribution in [3.05, 3.63) is 95.8 Å². The summed E-state index contributed by atoms with van der Waals surface area (Å²) in [5, 5.41) is 2.94. The van der Waals surface area contributed by atoms with Crippen molar-refractivity contribution in [2.75, 3.05) is 0 Å². The fraction of sp³-hybridized carbons (Fsp3) is 0.150. The Morgan fingerprint density at radius 3 is 2.20 bits per heavy atom. The van der Waals surface area contributed by atoms with Crippen LogP contribution in [0, 0.1) is 5.82 Å². The normalized spacial score (nSPS) is 11.7. The summed E-state index contributed by atoms with van der Waals surface area (Å²) in [5.41, 5.74) is 2.65. The van der Waals surface area contributed by atoms with Gasteiger partial charge in [-0.05, 0) is 47.4 Å². The first-order valence-electron chi connectivity index (χ1n) is 8.03. The average molecular weight is 335 g/mol. The maximum Gasteiger partial charge on any atom is 0.228 e. The van der Waals surface area contributed by atoms with Gasteiger partial charge in [-0.3, -0.25) is 14.8 Å². The minimum atomic E-state index is -0.415. The van der Waals surface area contributed by atoms with E-state index in [1.54, 1.807) is 36.9 Å². The highest BCUT2D eigenvalue weighted by Gasteiger charge is 2.21. The van der Waals surface area contributed by atoms with E-state index < -0.39 is 5.92 Å². The zero-order valence-electron chi connectivity index (χ0n) is 13.6. The standard InChI is InChI=1S/C20H18FN3O/c21-18-7-5-17(6-8-18)19(11-15-3-1-9-22-12-15)20(25)24-14-16-4-2-10-23-13-16/h1-10,12-13,19H,11,14H2,(H,24,25). The molecule has 0 aliphatic heterocycles. The van der Waals surface area contributed by atoms with Gasteiger partial charge in [-0.1, -0.05) is 24.3 Å². The van der Waals surface area contributed by atoms with E-state index in [1.807, 2.05) is 24.3 Å². The first-order chi connectivity index (χ1) is 12.2. The Bertz CT molecular complexity index is 807. The SMILES string of the molecule is O=C(NCc1cccnc1)C(Cc1cccnc1)c1ccc(F)cc1. The third-order valence-electron chi connectivity index (χ3n) is 3.94. The zero-order valence-corrected chi connectivity index (χ0v) is 13.6. The van der Waals surface area contributed by atoms with E-state index in [-0.39, 0.29) is 11.7 Å². The number of carbonyl (C=O) groups excluding carboxylic acids is 1. The van der Waals surface area contributed by atoms with Gasteiger partial charge in [-0.15, -0.1) is 0 Å². The number of benzene rings is 1. The van der Waals surface area contributed by atoms with Crippen molar-refractivity contribution in [2.24, 2.45) is 0 Å². The van der Waals surface area contributed by atoms with Gasteiger partial charge in [0, 0.05) is 31.3 Å². The van der Waals surface area contributed by atoms with Crippen molar-refractivity contribution >= 4 is 5.91 Å².